The molecule has 118 valence electrons. The minimum Gasteiger partial charge on any atom is -0.497 e. The molecule has 0 spiro atoms. The van der Waals surface area contributed by atoms with Crippen molar-refractivity contribution in [3.63, 3.8) is 0 Å². The zero-order chi connectivity index (χ0) is 16.4. The Hall–Kier alpha value is -2.82. The Balaban J connectivity index is 1.69. The molecule has 3 rings (SSSR count). The second-order valence-electron chi connectivity index (χ2n) is 5.55. The smallest absolute Gasteiger partial charge is 0.231 e. The van der Waals surface area contributed by atoms with Crippen LogP contribution in [0.25, 0.3) is 0 Å². The monoisotopic (exact) mass is 310 g/mol. The molecule has 5 nitrogen and oxygen atoms in total. The predicted molar refractivity (Wildman–Crippen MR) is 88.9 cm³/mol. The van der Waals surface area contributed by atoms with Crippen molar-refractivity contribution in [1.29, 1.82) is 0 Å². The van der Waals surface area contributed by atoms with E-state index in [0.29, 0.717) is 12.1 Å². The Bertz CT molecular complexity index is 771. The maximum atomic E-state index is 12.2. The molecule has 5 heteroatoms. The van der Waals surface area contributed by atoms with E-state index in [4.69, 9.17) is 4.74 Å². The van der Waals surface area contributed by atoms with Gasteiger partial charge in [0.05, 0.1) is 20.0 Å². The molecule has 0 radical (unpaired) electrons. The minimum atomic E-state index is -0.101. The topological polar surface area (TPSA) is 58.6 Å². The molecule has 1 N–H and O–H groups in total. The highest BCUT2D eigenvalue weighted by atomic mass is 16.5. The number of amides is 2. The van der Waals surface area contributed by atoms with Crippen molar-refractivity contribution in [1.82, 2.24) is 0 Å². The van der Waals surface area contributed by atoms with Crippen LogP contribution in [0.1, 0.15) is 11.1 Å². The fourth-order valence-electron chi connectivity index (χ4n) is 2.72. The van der Waals surface area contributed by atoms with Crippen LogP contribution in [-0.4, -0.2) is 26.0 Å². The first-order valence-electron chi connectivity index (χ1n) is 7.39. The number of rotatable bonds is 4. The first-order valence-corrected chi connectivity index (χ1v) is 7.39. The van der Waals surface area contributed by atoms with Gasteiger partial charge in [-0.3, -0.25) is 9.59 Å². The van der Waals surface area contributed by atoms with E-state index in [1.54, 1.807) is 19.1 Å². The number of nitrogens with zero attached hydrogens (tertiary/aromatic N) is 1. The number of carbonyl (C=O) groups is 2. The molecule has 0 saturated heterocycles. The second-order valence-corrected chi connectivity index (χ2v) is 5.55. The van der Waals surface area contributed by atoms with E-state index in [1.165, 1.54) is 0 Å². The third kappa shape index (κ3) is 3.18. The normalized spacial score (nSPS) is 13.0. The van der Waals surface area contributed by atoms with Crippen molar-refractivity contribution >= 4 is 23.2 Å². The lowest BCUT2D eigenvalue weighted by atomic mass is 10.1. The molecule has 0 aromatic heterocycles. The average Bonchev–Trinajstić information content (AvgIpc) is 2.81. The standard InChI is InChI=1S/C18H18N2O3/c1-20-16-7-6-14(10-13(16)11-18(20)22)19-17(21)9-12-4-3-5-15(8-12)23-2/h3-8,10H,9,11H2,1-2H3,(H,19,21). The third-order valence-corrected chi connectivity index (χ3v) is 3.94. The van der Waals surface area contributed by atoms with E-state index < -0.39 is 0 Å². The molecule has 1 aliphatic heterocycles. The molecule has 1 heterocycles. The first-order chi connectivity index (χ1) is 11.1. The van der Waals surface area contributed by atoms with Crippen LogP contribution >= 0.6 is 0 Å². The van der Waals surface area contributed by atoms with Crippen molar-refractivity contribution in [2.45, 2.75) is 12.8 Å². The second kappa shape index (κ2) is 6.12. The number of methoxy groups -OCH3 is 1. The lowest BCUT2D eigenvalue weighted by Crippen LogP contribution is -2.20. The Kier molecular flexibility index (Phi) is 4.02. The van der Waals surface area contributed by atoms with E-state index in [9.17, 15) is 9.59 Å². The Morgan fingerprint density at radius 2 is 2.09 bits per heavy atom. The molecule has 2 amide bonds. The lowest BCUT2D eigenvalue weighted by Gasteiger charge is -2.11. The molecular weight excluding hydrogens is 292 g/mol. The highest BCUT2D eigenvalue weighted by Crippen LogP contribution is 2.30. The fourth-order valence-corrected chi connectivity index (χ4v) is 2.72. The van der Waals surface area contributed by atoms with Crippen molar-refractivity contribution in [3.8, 4) is 5.75 Å². The van der Waals surface area contributed by atoms with Gasteiger partial charge in [0.15, 0.2) is 0 Å². The summed E-state index contributed by atoms with van der Waals surface area (Å²) in [6.45, 7) is 0. The molecule has 2 aromatic rings. The van der Waals surface area contributed by atoms with Crippen molar-refractivity contribution in [3.05, 3.63) is 53.6 Å². The summed E-state index contributed by atoms with van der Waals surface area (Å²) in [4.78, 5) is 25.5. The van der Waals surface area contributed by atoms with E-state index in [0.717, 1.165) is 22.6 Å². The number of carbonyl (C=O) groups excluding carboxylic acids is 2. The van der Waals surface area contributed by atoms with Crippen LogP contribution in [0.4, 0.5) is 11.4 Å². The molecule has 2 aromatic carbocycles. The third-order valence-electron chi connectivity index (χ3n) is 3.94. The minimum absolute atomic E-state index is 0.0693. The van der Waals surface area contributed by atoms with Gasteiger partial charge in [0.25, 0.3) is 0 Å². The van der Waals surface area contributed by atoms with Crippen LogP contribution in [0.5, 0.6) is 5.75 Å². The van der Waals surface area contributed by atoms with Gasteiger partial charge >= 0.3 is 0 Å². The van der Waals surface area contributed by atoms with Gasteiger partial charge in [-0.15, -0.1) is 0 Å². The van der Waals surface area contributed by atoms with Crippen molar-refractivity contribution in [2.24, 2.45) is 0 Å². The van der Waals surface area contributed by atoms with Gasteiger partial charge in [0.2, 0.25) is 11.8 Å². The molecule has 1 aliphatic rings. The number of ether oxygens (including phenoxy) is 1. The van der Waals surface area contributed by atoms with Crippen LogP contribution in [0, 0.1) is 0 Å². The zero-order valence-corrected chi connectivity index (χ0v) is 13.1. The van der Waals surface area contributed by atoms with Crippen molar-refractivity contribution in [2.75, 3.05) is 24.4 Å². The number of nitrogens with one attached hydrogen (secondary N) is 1. The summed E-state index contributed by atoms with van der Waals surface area (Å²) in [5.74, 6) is 0.699. The van der Waals surface area contributed by atoms with E-state index in [1.807, 2.05) is 42.5 Å². The fraction of sp³-hybridized carbons (Fsp3) is 0.222. The van der Waals surface area contributed by atoms with E-state index in [2.05, 4.69) is 5.32 Å². The van der Waals surface area contributed by atoms with Crippen LogP contribution in [0.2, 0.25) is 0 Å². The number of anilines is 2. The number of benzene rings is 2. The van der Waals surface area contributed by atoms with Crippen LogP contribution < -0.4 is 15.0 Å². The van der Waals surface area contributed by atoms with Gasteiger partial charge < -0.3 is 15.0 Å². The highest BCUT2D eigenvalue weighted by molar-refractivity contribution is 6.02. The summed E-state index contributed by atoms with van der Waals surface area (Å²) in [7, 11) is 3.36. The van der Waals surface area contributed by atoms with Gasteiger partial charge in [-0.2, -0.15) is 0 Å². The maximum absolute atomic E-state index is 12.2. The Morgan fingerprint density at radius 3 is 2.87 bits per heavy atom. The van der Waals surface area contributed by atoms with Crippen LogP contribution in [0.3, 0.4) is 0 Å². The molecule has 0 saturated carbocycles. The molecule has 23 heavy (non-hydrogen) atoms. The zero-order valence-electron chi connectivity index (χ0n) is 13.1. The summed E-state index contributed by atoms with van der Waals surface area (Å²) in [5, 5.41) is 2.88. The molecule has 0 aliphatic carbocycles. The number of likely N-dealkylation sites (N-methyl/N-ethyl adjacent to an activating group) is 1. The Morgan fingerprint density at radius 1 is 1.26 bits per heavy atom. The summed E-state index contributed by atoms with van der Waals surface area (Å²) in [6.07, 6.45) is 0.651. The summed E-state index contributed by atoms with van der Waals surface area (Å²) < 4.78 is 5.16. The highest BCUT2D eigenvalue weighted by Gasteiger charge is 2.24. The number of hydrogen-bond acceptors (Lipinski definition) is 3. The molecule has 0 fully saturated rings. The lowest BCUT2D eigenvalue weighted by molar-refractivity contribution is -0.117. The number of hydrogen-bond donors (Lipinski definition) is 1. The molecule has 0 atom stereocenters. The summed E-state index contributed by atoms with van der Waals surface area (Å²) in [5.41, 5.74) is 3.44. The Labute approximate surface area is 134 Å². The van der Waals surface area contributed by atoms with Crippen molar-refractivity contribution < 1.29 is 14.3 Å². The summed E-state index contributed by atoms with van der Waals surface area (Å²) in [6, 6.07) is 13.0. The van der Waals surface area contributed by atoms with Crippen LogP contribution in [0.15, 0.2) is 42.5 Å². The average molecular weight is 310 g/mol. The molecule has 0 bridgehead atoms. The quantitative estimate of drug-likeness (QED) is 0.943. The van der Waals surface area contributed by atoms with Gasteiger partial charge in [-0.25, -0.2) is 0 Å². The van der Waals surface area contributed by atoms with Gasteiger partial charge in [0, 0.05) is 18.4 Å². The maximum Gasteiger partial charge on any atom is 0.231 e. The largest absolute Gasteiger partial charge is 0.497 e. The first kappa shape index (κ1) is 15.1. The van der Waals surface area contributed by atoms with Gasteiger partial charge in [-0.1, -0.05) is 12.1 Å². The van der Waals surface area contributed by atoms with Gasteiger partial charge in [0.1, 0.15) is 5.75 Å². The van der Waals surface area contributed by atoms with E-state index in [-0.39, 0.29) is 18.2 Å². The predicted octanol–water partition coefficient (Wildman–Crippen LogP) is 2.40. The summed E-state index contributed by atoms with van der Waals surface area (Å²) >= 11 is 0. The SMILES string of the molecule is COc1cccc(CC(=O)Nc2ccc3c(c2)CC(=O)N3C)c1. The molecule has 0 unspecified atom stereocenters. The van der Waals surface area contributed by atoms with Crippen LogP contribution in [-0.2, 0) is 22.4 Å². The van der Waals surface area contributed by atoms with Gasteiger partial charge in [-0.05, 0) is 41.5 Å². The van der Waals surface area contributed by atoms with E-state index >= 15 is 0 Å². The molecular formula is C18H18N2O3. The number of fused-ring (bicyclic) bond motifs is 1.